The minimum Gasteiger partial charge on any atom is -0.364 e. The zero-order chi connectivity index (χ0) is 10.8. The van der Waals surface area contributed by atoms with E-state index in [0.717, 1.165) is 6.54 Å². The number of amides is 1. The zero-order valence-corrected chi connectivity index (χ0v) is 9.74. The van der Waals surface area contributed by atoms with Crippen LogP contribution in [0.2, 0.25) is 0 Å². The van der Waals surface area contributed by atoms with Gasteiger partial charge < -0.3 is 9.64 Å². The summed E-state index contributed by atoms with van der Waals surface area (Å²) in [6.07, 6.45) is 6.21. The Labute approximate surface area is 91.8 Å². The minimum atomic E-state index is -0.240. The van der Waals surface area contributed by atoms with Gasteiger partial charge in [-0.1, -0.05) is 19.3 Å². The van der Waals surface area contributed by atoms with Gasteiger partial charge in [0, 0.05) is 12.6 Å². The van der Waals surface area contributed by atoms with Gasteiger partial charge in [-0.15, -0.1) is 0 Å². The SMILES string of the molecule is CC1CN(C2CCCCC2)C(=O)C(C)O1. The van der Waals surface area contributed by atoms with Crippen LogP contribution in [0.1, 0.15) is 46.0 Å². The van der Waals surface area contributed by atoms with Crippen molar-refractivity contribution in [2.45, 2.75) is 64.2 Å². The molecular weight excluding hydrogens is 190 g/mol. The van der Waals surface area contributed by atoms with Crippen LogP contribution >= 0.6 is 0 Å². The molecule has 1 aliphatic heterocycles. The lowest BCUT2D eigenvalue weighted by molar-refractivity contribution is -0.163. The molecule has 1 heterocycles. The number of nitrogens with zero attached hydrogens (tertiary/aromatic N) is 1. The lowest BCUT2D eigenvalue weighted by Gasteiger charge is -2.41. The van der Waals surface area contributed by atoms with Gasteiger partial charge in [0.2, 0.25) is 0 Å². The highest BCUT2D eigenvalue weighted by molar-refractivity contribution is 5.81. The highest BCUT2D eigenvalue weighted by Crippen LogP contribution is 2.25. The lowest BCUT2D eigenvalue weighted by Crippen LogP contribution is -2.54. The topological polar surface area (TPSA) is 29.5 Å². The molecular formula is C12H21NO2. The molecule has 2 rings (SSSR count). The van der Waals surface area contributed by atoms with Crippen molar-refractivity contribution in [1.29, 1.82) is 0 Å². The Morgan fingerprint density at radius 1 is 1.20 bits per heavy atom. The molecule has 2 atom stereocenters. The first-order chi connectivity index (χ1) is 7.18. The van der Waals surface area contributed by atoms with Crippen LogP contribution in [0, 0.1) is 0 Å². The van der Waals surface area contributed by atoms with Crippen LogP contribution in [0.25, 0.3) is 0 Å². The van der Waals surface area contributed by atoms with Crippen LogP contribution in [0.5, 0.6) is 0 Å². The second kappa shape index (κ2) is 4.52. The van der Waals surface area contributed by atoms with Crippen molar-refractivity contribution in [2.75, 3.05) is 6.54 Å². The molecule has 86 valence electrons. The lowest BCUT2D eigenvalue weighted by atomic mass is 9.93. The third-order valence-electron chi connectivity index (χ3n) is 3.54. The van der Waals surface area contributed by atoms with Gasteiger partial charge in [-0.25, -0.2) is 0 Å². The Hall–Kier alpha value is -0.570. The van der Waals surface area contributed by atoms with Gasteiger partial charge in [0.1, 0.15) is 6.10 Å². The molecule has 1 saturated carbocycles. The smallest absolute Gasteiger partial charge is 0.251 e. The van der Waals surface area contributed by atoms with E-state index < -0.39 is 0 Å². The summed E-state index contributed by atoms with van der Waals surface area (Å²) in [6.45, 7) is 4.71. The first-order valence-electron chi connectivity index (χ1n) is 6.14. The van der Waals surface area contributed by atoms with E-state index >= 15 is 0 Å². The number of carbonyl (C=O) groups is 1. The number of rotatable bonds is 1. The average molecular weight is 211 g/mol. The summed E-state index contributed by atoms with van der Waals surface area (Å²) < 4.78 is 5.53. The molecule has 0 aromatic carbocycles. The van der Waals surface area contributed by atoms with E-state index in [1.54, 1.807) is 0 Å². The second-order valence-corrected chi connectivity index (χ2v) is 4.87. The normalized spacial score (nSPS) is 34.5. The van der Waals surface area contributed by atoms with Crippen molar-refractivity contribution in [1.82, 2.24) is 4.90 Å². The van der Waals surface area contributed by atoms with Crippen LogP contribution in [0.4, 0.5) is 0 Å². The maximum Gasteiger partial charge on any atom is 0.251 e. The van der Waals surface area contributed by atoms with Gasteiger partial charge in [0.05, 0.1) is 6.10 Å². The molecule has 2 aliphatic rings. The number of ether oxygens (including phenoxy) is 1. The molecule has 0 aromatic heterocycles. The van der Waals surface area contributed by atoms with Crippen molar-refractivity contribution in [3.63, 3.8) is 0 Å². The van der Waals surface area contributed by atoms with E-state index in [1.165, 1.54) is 32.1 Å². The summed E-state index contributed by atoms with van der Waals surface area (Å²) in [7, 11) is 0. The number of carbonyl (C=O) groups excluding carboxylic acids is 1. The van der Waals surface area contributed by atoms with Crippen molar-refractivity contribution in [2.24, 2.45) is 0 Å². The van der Waals surface area contributed by atoms with E-state index in [1.807, 2.05) is 6.92 Å². The average Bonchev–Trinajstić information content (AvgIpc) is 2.24. The quantitative estimate of drug-likeness (QED) is 0.663. The molecule has 0 spiro atoms. The van der Waals surface area contributed by atoms with Gasteiger partial charge in [0.15, 0.2) is 0 Å². The Morgan fingerprint density at radius 3 is 2.53 bits per heavy atom. The van der Waals surface area contributed by atoms with Crippen LogP contribution < -0.4 is 0 Å². The first kappa shape index (κ1) is 10.9. The van der Waals surface area contributed by atoms with E-state index in [2.05, 4.69) is 11.8 Å². The molecule has 1 saturated heterocycles. The molecule has 0 aromatic rings. The molecule has 3 heteroatoms. The number of morpholine rings is 1. The number of hydrogen-bond donors (Lipinski definition) is 0. The standard InChI is InChI=1S/C12H21NO2/c1-9-8-13(12(14)10(2)15-9)11-6-4-3-5-7-11/h9-11H,3-8H2,1-2H3. The van der Waals surface area contributed by atoms with Gasteiger partial charge in [-0.05, 0) is 26.7 Å². The summed E-state index contributed by atoms with van der Waals surface area (Å²) in [4.78, 5) is 14.0. The van der Waals surface area contributed by atoms with E-state index in [4.69, 9.17) is 4.74 Å². The Morgan fingerprint density at radius 2 is 1.87 bits per heavy atom. The molecule has 1 amide bonds. The van der Waals surface area contributed by atoms with Crippen LogP contribution in [-0.4, -0.2) is 35.6 Å². The van der Waals surface area contributed by atoms with Crippen LogP contribution in [0.15, 0.2) is 0 Å². The Bertz CT molecular complexity index is 236. The summed E-state index contributed by atoms with van der Waals surface area (Å²) in [5.41, 5.74) is 0. The predicted octanol–water partition coefficient (Wildman–Crippen LogP) is 1.95. The van der Waals surface area contributed by atoms with Crippen molar-refractivity contribution < 1.29 is 9.53 Å². The summed E-state index contributed by atoms with van der Waals surface area (Å²) in [5, 5.41) is 0. The molecule has 2 unspecified atom stereocenters. The van der Waals surface area contributed by atoms with E-state index in [-0.39, 0.29) is 18.1 Å². The zero-order valence-electron chi connectivity index (χ0n) is 9.74. The van der Waals surface area contributed by atoms with Gasteiger partial charge in [-0.2, -0.15) is 0 Å². The highest BCUT2D eigenvalue weighted by Gasteiger charge is 2.34. The predicted molar refractivity (Wildman–Crippen MR) is 58.6 cm³/mol. The molecule has 2 fully saturated rings. The Balaban J connectivity index is 2.02. The first-order valence-corrected chi connectivity index (χ1v) is 6.14. The van der Waals surface area contributed by atoms with Gasteiger partial charge in [0.25, 0.3) is 5.91 Å². The Kier molecular flexibility index (Phi) is 3.29. The largest absolute Gasteiger partial charge is 0.364 e. The summed E-state index contributed by atoms with van der Waals surface area (Å²) >= 11 is 0. The van der Waals surface area contributed by atoms with Crippen molar-refractivity contribution >= 4 is 5.91 Å². The van der Waals surface area contributed by atoms with Crippen LogP contribution in [-0.2, 0) is 9.53 Å². The number of hydrogen-bond acceptors (Lipinski definition) is 2. The fourth-order valence-electron chi connectivity index (χ4n) is 2.77. The fourth-order valence-corrected chi connectivity index (χ4v) is 2.77. The second-order valence-electron chi connectivity index (χ2n) is 4.87. The van der Waals surface area contributed by atoms with Crippen LogP contribution in [0.3, 0.4) is 0 Å². The molecule has 3 nitrogen and oxygen atoms in total. The fraction of sp³-hybridized carbons (Fsp3) is 0.917. The molecule has 0 N–H and O–H groups in total. The molecule has 0 radical (unpaired) electrons. The van der Waals surface area contributed by atoms with Crippen molar-refractivity contribution in [3.8, 4) is 0 Å². The maximum absolute atomic E-state index is 12.0. The molecule has 15 heavy (non-hydrogen) atoms. The summed E-state index contributed by atoms with van der Waals surface area (Å²) in [6, 6.07) is 0.486. The summed E-state index contributed by atoms with van der Waals surface area (Å²) in [5.74, 6) is 0.194. The highest BCUT2D eigenvalue weighted by atomic mass is 16.5. The molecule has 0 bridgehead atoms. The monoisotopic (exact) mass is 211 g/mol. The van der Waals surface area contributed by atoms with Gasteiger partial charge in [-0.3, -0.25) is 4.79 Å². The van der Waals surface area contributed by atoms with Gasteiger partial charge >= 0.3 is 0 Å². The molecule has 1 aliphatic carbocycles. The van der Waals surface area contributed by atoms with E-state index in [0.29, 0.717) is 6.04 Å². The minimum absolute atomic E-state index is 0.194. The third kappa shape index (κ3) is 2.33. The third-order valence-corrected chi connectivity index (χ3v) is 3.54. The maximum atomic E-state index is 12.0. The van der Waals surface area contributed by atoms with E-state index in [9.17, 15) is 4.79 Å². The van der Waals surface area contributed by atoms with Crippen molar-refractivity contribution in [3.05, 3.63) is 0 Å².